The van der Waals surface area contributed by atoms with Crippen LogP contribution in [0.15, 0.2) is 24.3 Å². The minimum atomic E-state index is 0.167. The largest absolute Gasteiger partial charge is 0.355 e. The van der Waals surface area contributed by atoms with E-state index in [1.165, 1.54) is 43.2 Å². The Kier molecular flexibility index (Phi) is 6.91. The van der Waals surface area contributed by atoms with Crippen LogP contribution in [0.2, 0.25) is 0 Å². The van der Waals surface area contributed by atoms with E-state index < -0.39 is 0 Å². The van der Waals surface area contributed by atoms with Gasteiger partial charge in [0, 0.05) is 13.1 Å². The van der Waals surface area contributed by atoms with E-state index in [-0.39, 0.29) is 5.91 Å². The summed E-state index contributed by atoms with van der Waals surface area (Å²) in [7, 11) is 0. The number of aryl methyl sites for hydroxylation is 1. The number of hydrogen-bond acceptors (Lipinski definition) is 2. The van der Waals surface area contributed by atoms with Gasteiger partial charge in [0.15, 0.2) is 0 Å². The molecule has 1 amide bonds. The van der Waals surface area contributed by atoms with Gasteiger partial charge in [-0.1, -0.05) is 56.0 Å². The van der Waals surface area contributed by atoms with Crippen molar-refractivity contribution in [1.29, 1.82) is 0 Å². The fourth-order valence-electron chi connectivity index (χ4n) is 3.26. The Balaban J connectivity index is 1.75. The molecule has 3 nitrogen and oxygen atoms in total. The van der Waals surface area contributed by atoms with Gasteiger partial charge in [-0.15, -0.1) is 0 Å². The van der Waals surface area contributed by atoms with Gasteiger partial charge in [-0.3, -0.25) is 9.69 Å². The van der Waals surface area contributed by atoms with Crippen molar-refractivity contribution in [3.05, 3.63) is 35.4 Å². The molecule has 2 rings (SSSR count). The van der Waals surface area contributed by atoms with E-state index >= 15 is 0 Å². The quantitative estimate of drug-likeness (QED) is 0.836. The average Bonchev–Trinajstić information content (AvgIpc) is 2.53. The molecule has 0 bridgehead atoms. The maximum Gasteiger partial charge on any atom is 0.234 e. The van der Waals surface area contributed by atoms with Crippen molar-refractivity contribution in [3.8, 4) is 0 Å². The van der Waals surface area contributed by atoms with Crippen LogP contribution in [0, 0.1) is 12.8 Å². The van der Waals surface area contributed by atoms with Crippen LogP contribution in [-0.4, -0.2) is 30.4 Å². The second-order valence-electron chi connectivity index (χ2n) is 6.60. The molecule has 0 radical (unpaired) electrons. The Labute approximate surface area is 135 Å². The molecular formula is C19H30N2O. The lowest BCUT2D eigenvalue weighted by Gasteiger charge is -2.23. The molecule has 3 heteroatoms. The highest BCUT2D eigenvalue weighted by molar-refractivity contribution is 5.78. The molecule has 0 unspecified atom stereocenters. The van der Waals surface area contributed by atoms with Crippen molar-refractivity contribution in [2.24, 2.45) is 5.92 Å². The first-order valence-corrected chi connectivity index (χ1v) is 8.72. The normalized spacial score (nSPS) is 16.0. The molecule has 1 aliphatic rings. The lowest BCUT2D eigenvalue weighted by Crippen LogP contribution is -2.39. The molecule has 1 saturated carbocycles. The summed E-state index contributed by atoms with van der Waals surface area (Å²) in [5.74, 6) is 0.865. The van der Waals surface area contributed by atoms with Gasteiger partial charge in [0.05, 0.1) is 6.54 Å². The highest BCUT2D eigenvalue weighted by Crippen LogP contribution is 2.22. The monoisotopic (exact) mass is 302 g/mol. The number of hydrogen-bond donors (Lipinski definition) is 1. The Morgan fingerprint density at radius 2 is 2.05 bits per heavy atom. The molecule has 0 atom stereocenters. The summed E-state index contributed by atoms with van der Waals surface area (Å²) in [6.45, 7) is 7.32. The van der Waals surface area contributed by atoms with E-state index in [1.807, 2.05) is 0 Å². The van der Waals surface area contributed by atoms with Gasteiger partial charge in [0.25, 0.3) is 0 Å². The molecule has 1 aliphatic carbocycles. The van der Waals surface area contributed by atoms with Crippen molar-refractivity contribution in [2.75, 3.05) is 19.6 Å². The predicted molar refractivity (Wildman–Crippen MR) is 91.7 cm³/mol. The number of nitrogens with one attached hydrogen (secondary N) is 1. The zero-order chi connectivity index (χ0) is 15.8. The minimum Gasteiger partial charge on any atom is -0.355 e. The molecule has 1 fully saturated rings. The third-order valence-electron chi connectivity index (χ3n) is 4.62. The smallest absolute Gasteiger partial charge is 0.234 e. The van der Waals surface area contributed by atoms with Crippen molar-refractivity contribution in [3.63, 3.8) is 0 Å². The molecule has 1 aromatic carbocycles. The van der Waals surface area contributed by atoms with Crippen molar-refractivity contribution >= 4 is 5.91 Å². The first-order chi connectivity index (χ1) is 10.7. The van der Waals surface area contributed by atoms with E-state index in [4.69, 9.17) is 0 Å². The van der Waals surface area contributed by atoms with Crippen LogP contribution in [0.5, 0.6) is 0 Å². The molecular weight excluding hydrogens is 272 g/mol. The highest BCUT2D eigenvalue weighted by atomic mass is 16.2. The van der Waals surface area contributed by atoms with Crippen LogP contribution < -0.4 is 5.32 Å². The van der Waals surface area contributed by atoms with Crippen LogP contribution in [0.1, 0.15) is 50.2 Å². The van der Waals surface area contributed by atoms with Crippen molar-refractivity contribution in [1.82, 2.24) is 10.2 Å². The zero-order valence-electron chi connectivity index (χ0n) is 14.1. The van der Waals surface area contributed by atoms with Crippen LogP contribution in [-0.2, 0) is 11.3 Å². The van der Waals surface area contributed by atoms with Gasteiger partial charge in [0.1, 0.15) is 0 Å². The minimum absolute atomic E-state index is 0.167. The van der Waals surface area contributed by atoms with Gasteiger partial charge in [-0.25, -0.2) is 0 Å². The summed E-state index contributed by atoms with van der Waals surface area (Å²) in [6.07, 6.45) is 6.58. The van der Waals surface area contributed by atoms with Crippen molar-refractivity contribution < 1.29 is 4.79 Å². The Morgan fingerprint density at radius 3 is 2.73 bits per heavy atom. The van der Waals surface area contributed by atoms with E-state index in [0.717, 1.165) is 19.6 Å². The molecule has 1 N–H and O–H groups in total. The van der Waals surface area contributed by atoms with E-state index in [0.29, 0.717) is 12.5 Å². The third-order valence-corrected chi connectivity index (χ3v) is 4.62. The number of carbonyl (C=O) groups excluding carboxylic acids is 1. The molecule has 0 aliphatic heterocycles. The molecule has 0 saturated heterocycles. The number of benzene rings is 1. The number of likely N-dealkylation sites (N-methyl/N-ethyl adjacent to an activating group) is 1. The van der Waals surface area contributed by atoms with E-state index in [2.05, 4.69) is 48.3 Å². The summed E-state index contributed by atoms with van der Waals surface area (Å²) in [4.78, 5) is 14.4. The SMILES string of the molecule is CCN(CC(=O)NCC1CCCCC1)Cc1cccc(C)c1. The fraction of sp³-hybridized carbons (Fsp3) is 0.632. The maximum absolute atomic E-state index is 12.2. The summed E-state index contributed by atoms with van der Waals surface area (Å²) < 4.78 is 0. The molecule has 0 aromatic heterocycles. The third kappa shape index (κ3) is 5.80. The van der Waals surface area contributed by atoms with Crippen LogP contribution in [0.4, 0.5) is 0 Å². The molecule has 22 heavy (non-hydrogen) atoms. The summed E-state index contributed by atoms with van der Waals surface area (Å²) >= 11 is 0. The maximum atomic E-state index is 12.2. The predicted octanol–water partition coefficient (Wildman–Crippen LogP) is 3.51. The second kappa shape index (κ2) is 8.94. The van der Waals surface area contributed by atoms with Gasteiger partial charge in [-0.2, -0.15) is 0 Å². The van der Waals surface area contributed by atoms with Crippen LogP contribution >= 0.6 is 0 Å². The molecule has 122 valence electrons. The van der Waals surface area contributed by atoms with Gasteiger partial charge >= 0.3 is 0 Å². The fourth-order valence-corrected chi connectivity index (χ4v) is 3.26. The standard InChI is InChI=1S/C19H30N2O/c1-3-21(14-18-11-7-8-16(2)12-18)15-19(22)20-13-17-9-5-4-6-10-17/h7-8,11-12,17H,3-6,9-10,13-15H2,1-2H3,(H,20,22). The van der Waals surface area contributed by atoms with Gasteiger partial charge in [0.2, 0.25) is 5.91 Å². The number of nitrogens with zero attached hydrogens (tertiary/aromatic N) is 1. The first-order valence-electron chi connectivity index (χ1n) is 8.72. The van der Waals surface area contributed by atoms with Crippen LogP contribution in [0.25, 0.3) is 0 Å². The van der Waals surface area contributed by atoms with E-state index in [1.54, 1.807) is 0 Å². The molecule has 1 aromatic rings. The Hall–Kier alpha value is -1.35. The number of carbonyl (C=O) groups is 1. The number of rotatable bonds is 7. The van der Waals surface area contributed by atoms with Crippen molar-refractivity contribution in [2.45, 2.75) is 52.5 Å². The summed E-state index contributed by atoms with van der Waals surface area (Å²) in [5, 5.41) is 3.13. The Morgan fingerprint density at radius 1 is 1.27 bits per heavy atom. The topological polar surface area (TPSA) is 32.3 Å². The lowest BCUT2D eigenvalue weighted by molar-refractivity contribution is -0.122. The average molecular weight is 302 g/mol. The van der Waals surface area contributed by atoms with Gasteiger partial charge < -0.3 is 5.32 Å². The molecule has 0 spiro atoms. The lowest BCUT2D eigenvalue weighted by atomic mass is 9.89. The number of amides is 1. The summed E-state index contributed by atoms with van der Waals surface area (Å²) in [6, 6.07) is 8.52. The summed E-state index contributed by atoms with van der Waals surface area (Å²) in [5.41, 5.74) is 2.55. The Bertz CT molecular complexity index is 466. The van der Waals surface area contributed by atoms with Crippen LogP contribution in [0.3, 0.4) is 0 Å². The van der Waals surface area contributed by atoms with Gasteiger partial charge in [-0.05, 0) is 37.8 Å². The highest BCUT2D eigenvalue weighted by Gasteiger charge is 2.15. The first kappa shape index (κ1) is 17.0. The molecule has 0 heterocycles. The zero-order valence-corrected chi connectivity index (χ0v) is 14.1. The van der Waals surface area contributed by atoms with E-state index in [9.17, 15) is 4.79 Å². The second-order valence-corrected chi connectivity index (χ2v) is 6.60.